The number of benzene rings is 1. The van der Waals surface area contributed by atoms with Gasteiger partial charge in [0, 0.05) is 13.1 Å². The molecule has 0 spiro atoms. The molecular weight excluding hydrogens is 272 g/mol. The highest BCUT2D eigenvalue weighted by molar-refractivity contribution is 7.89. The fourth-order valence-electron chi connectivity index (χ4n) is 2.96. The first-order valence-corrected chi connectivity index (χ1v) is 8.71. The van der Waals surface area contributed by atoms with Gasteiger partial charge in [-0.15, -0.1) is 0 Å². The molecule has 0 amide bonds. The van der Waals surface area contributed by atoms with E-state index >= 15 is 0 Å². The van der Waals surface area contributed by atoms with E-state index in [1.54, 1.807) is 12.1 Å². The second-order valence-corrected chi connectivity index (χ2v) is 7.56. The van der Waals surface area contributed by atoms with Gasteiger partial charge in [-0.1, -0.05) is 31.9 Å². The normalized spacial score (nSPS) is 23.1. The van der Waals surface area contributed by atoms with E-state index in [0.29, 0.717) is 29.8 Å². The summed E-state index contributed by atoms with van der Waals surface area (Å²) in [4.78, 5) is 0.361. The van der Waals surface area contributed by atoms with Crippen LogP contribution in [0.4, 0.5) is 0 Å². The average molecular weight is 296 g/mol. The summed E-state index contributed by atoms with van der Waals surface area (Å²) in [5, 5.41) is 0. The standard InChI is InChI=1S/C15H24N2O2S/c1-11-4-3-5-14(11)10-17-20(18,19)15-7-6-13(9-16)8-12(15)2/h6-8,11,14,17H,3-5,9-10,16H2,1-2H3. The van der Waals surface area contributed by atoms with Gasteiger partial charge in [0.15, 0.2) is 0 Å². The summed E-state index contributed by atoms with van der Waals surface area (Å²) in [6.45, 7) is 4.98. The molecule has 1 aliphatic carbocycles. The van der Waals surface area contributed by atoms with Crippen molar-refractivity contribution < 1.29 is 8.42 Å². The summed E-state index contributed by atoms with van der Waals surface area (Å²) in [5.41, 5.74) is 7.27. The molecule has 2 unspecified atom stereocenters. The van der Waals surface area contributed by atoms with Gasteiger partial charge in [-0.2, -0.15) is 0 Å². The third kappa shape index (κ3) is 3.40. The summed E-state index contributed by atoms with van der Waals surface area (Å²) in [7, 11) is -3.42. The molecule has 2 atom stereocenters. The third-order valence-electron chi connectivity index (χ3n) is 4.34. The van der Waals surface area contributed by atoms with Gasteiger partial charge in [0.2, 0.25) is 10.0 Å². The Morgan fingerprint density at radius 1 is 1.35 bits per heavy atom. The van der Waals surface area contributed by atoms with Crippen molar-refractivity contribution in [1.82, 2.24) is 4.72 Å². The summed E-state index contributed by atoms with van der Waals surface area (Å²) in [6, 6.07) is 5.27. The Bertz CT molecular complexity index is 569. The molecule has 20 heavy (non-hydrogen) atoms. The summed E-state index contributed by atoms with van der Waals surface area (Å²) < 4.78 is 27.5. The van der Waals surface area contributed by atoms with E-state index in [1.807, 2.05) is 13.0 Å². The van der Waals surface area contributed by atoms with Gasteiger partial charge in [0.1, 0.15) is 0 Å². The van der Waals surface area contributed by atoms with Crippen LogP contribution in [0.15, 0.2) is 23.1 Å². The molecule has 1 fully saturated rings. The second-order valence-electron chi connectivity index (χ2n) is 5.82. The van der Waals surface area contributed by atoms with Crippen LogP contribution in [-0.4, -0.2) is 15.0 Å². The first-order chi connectivity index (χ1) is 9.44. The molecule has 0 aromatic heterocycles. The highest BCUT2D eigenvalue weighted by Gasteiger charge is 2.25. The minimum Gasteiger partial charge on any atom is -0.326 e. The number of rotatable bonds is 5. The van der Waals surface area contributed by atoms with Crippen molar-refractivity contribution in [3.63, 3.8) is 0 Å². The molecule has 2 rings (SSSR count). The van der Waals surface area contributed by atoms with Crippen LogP contribution in [0.5, 0.6) is 0 Å². The predicted molar refractivity (Wildman–Crippen MR) is 80.8 cm³/mol. The minimum atomic E-state index is -3.42. The maximum absolute atomic E-state index is 12.4. The fraction of sp³-hybridized carbons (Fsp3) is 0.600. The molecule has 1 aliphatic rings. The zero-order valence-corrected chi connectivity index (χ0v) is 13.0. The lowest BCUT2D eigenvalue weighted by Crippen LogP contribution is -2.30. The van der Waals surface area contributed by atoms with E-state index in [2.05, 4.69) is 11.6 Å². The predicted octanol–water partition coefficient (Wildman–Crippen LogP) is 2.17. The molecule has 1 aromatic rings. The zero-order chi connectivity index (χ0) is 14.8. The van der Waals surface area contributed by atoms with E-state index in [-0.39, 0.29) is 0 Å². The number of sulfonamides is 1. The molecule has 0 aliphatic heterocycles. The lowest BCUT2D eigenvalue weighted by atomic mass is 9.99. The molecule has 0 bridgehead atoms. The first kappa shape index (κ1) is 15.5. The lowest BCUT2D eigenvalue weighted by molar-refractivity contribution is 0.414. The van der Waals surface area contributed by atoms with Gasteiger partial charge in [-0.3, -0.25) is 0 Å². The highest BCUT2D eigenvalue weighted by Crippen LogP contribution is 2.30. The van der Waals surface area contributed by atoms with Crippen molar-refractivity contribution in [3.8, 4) is 0 Å². The van der Waals surface area contributed by atoms with Crippen LogP contribution in [0.1, 0.15) is 37.3 Å². The molecular formula is C15H24N2O2S. The van der Waals surface area contributed by atoms with Gasteiger partial charge in [0.05, 0.1) is 4.90 Å². The van der Waals surface area contributed by atoms with Gasteiger partial charge in [0.25, 0.3) is 0 Å². The number of nitrogens with two attached hydrogens (primary N) is 1. The molecule has 5 heteroatoms. The maximum atomic E-state index is 12.4. The van der Waals surface area contributed by atoms with E-state index < -0.39 is 10.0 Å². The van der Waals surface area contributed by atoms with Crippen molar-refractivity contribution in [1.29, 1.82) is 0 Å². The van der Waals surface area contributed by atoms with E-state index in [1.165, 1.54) is 12.8 Å². The second kappa shape index (κ2) is 6.24. The van der Waals surface area contributed by atoms with Crippen molar-refractivity contribution in [3.05, 3.63) is 29.3 Å². The molecule has 0 radical (unpaired) electrons. The first-order valence-electron chi connectivity index (χ1n) is 7.23. The SMILES string of the molecule is Cc1cc(CN)ccc1S(=O)(=O)NCC1CCCC1C. The van der Waals surface area contributed by atoms with Crippen molar-refractivity contribution >= 4 is 10.0 Å². The Morgan fingerprint density at radius 2 is 2.10 bits per heavy atom. The quantitative estimate of drug-likeness (QED) is 0.874. The average Bonchev–Trinajstić information content (AvgIpc) is 2.81. The van der Waals surface area contributed by atoms with Crippen LogP contribution in [-0.2, 0) is 16.6 Å². The smallest absolute Gasteiger partial charge is 0.240 e. The Labute approximate surface area is 121 Å². The van der Waals surface area contributed by atoms with Crippen molar-refractivity contribution in [2.75, 3.05) is 6.54 Å². The topological polar surface area (TPSA) is 72.2 Å². The van der Waals surface area contributed by atoms with Gasteiger partial charge < -0.3 is 5.73 Å². The monoisotopic (exact) mass is 296 g/mol. The molecule has 0 heterocycles. The van der Waals surface area contributed by atoms with Crippen LogP contribution in [0, 0.1) is 18.8 Å². The van der Waals surface area contributed by atoms with Gasteiger partial charge in [-0.05, 0) is 42.4 Å². The van der Waals surface area contributed by atoms with E-state index in [9.17, 15) is 8.42 Å². The van der Waals surface area contributed by atoms with E-state index in [4.69, 9.17) is 5.73 Å². The van der Waals surface area contributed by atoms with E-state index in [0.717, 1.165) is 17.5 Å². The van der Waals surface area contributed by atoms with Gasteiger partial charge >= 0.3 is 0 Å². The molecule has 4 nitrogen and oxygen atoms in total. The largest absolute Gasteiger partial charge is 0.326 e. The summed E-state index contributed by atoms with van der Waals surface area (Å²) in [5.74, 6) is 1.08. The Hall–Kier alpha value is -0.910. The van der Waals surface area contributed by atoms with Crippen molar-refractivity contribution in [2.45, 2.75) is 44.6 Å². The summed E-state index contributed by atoms with van der Waals surface area (Å²) in [6.07, 6.45) is 3.53. The molecule has 3 N–H and O–H groups in total. The fourth-order valence-corrected chi connectivity index (χ4v) is 4.28. The molecule has 0 saturated heterocycles. The Morgan fingerprint density at radius 3 is 2.65 bits per heavy atom. The molecule has 1 saturated carbocycles. The van der Waals surface area contributed by atoms with Crippen LogP contribution in [0.3, 0.4) is 0 Å². The lowest BCUT2D eigenvalue weighted by Gasteiger charge is -2.17. The highest BCUT2D eigenvalue weighted by atomic mass is 32.2. The Kier molecular flexibility index (Phi) is 4.83. The van der Waals surface area contributed by atoms with Crippen LogP contribution < -0.4 is 10.5 Å². The van der Waals surface area contributed by atoms with Crippen LogP contribution >= 0.6 is 0 Å². The van der Waals surface area contributed by atoms with Crippen molar-refractivity contribution in [2.24, 2.45) is 17.6 Å². The summed E-state index contributed by atoms with van der Waals surface area (Å²) >= 11 is 0. The van der Waals surface area contributed by atoms with Gasteiger partial charge in [-0.25, -0.2) is 13.1 Å². The Balaban J connectivity index is 2.10. The number of hydrogen-bond acceptors (Lipinski definition) is 3. The number of hydrogen-bond donors (Lipinski definition) is 2. The number of nitrogens with one attached hydrogen (secondary N) is 1. The van der Waals surface area contributed by atoms with Crippen LogP contribution in [0.25, 0.3) is 0 Å². The zero-order valence-electron chi connectivity index (χ0n) is 12.2. The van der Waals surface area contributed by atoms with Crippen LogP contribution in [0.2, 0.25) is 0 Å². The third-order valence-corrected chi connectivity index (χ3v) is 5.92. The minimum absolute atomic E-state index is 0.361. The number of aryl methyl sites for hydroxylation is 1. The molecule has 1 aromatic carbocycles. The molecule has 112 valence electrons. The maximum Gasteiger partial charge on any atom is 0.240 e.